The Kier molecular flexibility index (Phi) is 8.01. The predicted octanol–water partition coefficient (Wildman–Crippen LogP) is 3.61. The highest BCUT2D eigenvalue weighted by molar-refractivity contribution is 6.33. The van der Waals surface area contributed by atoms with Crippen molar-refractivity contribution in [3.63, 3.8) is 0 Å². The molecule has 0 heterocycles. The van der Waals surface area contributed by atoms with E-state index in [1.807, 2.05) is 0 Å². The number of allylic oxidation sites excluding steroid dienone is 3. The number of aliphatic carboxylic acids is 1. The van der Waals surface area contributed by atoms with Crippen molar-refractivity contribution in [2.24, 2.45) is 11.8 Å². The highest BCUT2D eigenvalue weighted by Gasteiger charge is 2.25. The number of ketones is 1. The molecule has 18 heavy (non-hydrogen) atoms. The monoisotopic (exact) mass is 252 g/mol. The summed E-state index contributed by atoms with van der Waals surface area (Å²) in [7, 11) is 0. The second-order valence-electron chi connectivity index (χ2n) is 5.09. The number of carbonyl (C=O) groups excluding carboxylic acids is 1. The lowest BCUT2D eigenvalue weighted by atomic mass is 9.87. The van der Waals surface area contributed by atoms with Gasteiger partial charge >= 0.3 is 5.97 Å². The van der Waals surface area contributed by atoms with Gasteiger partial charge < -0.3 is 5.11 Å². The highest BCUT2D eigenvalue weighted by atomic mass is 16.4. The summed E-state index contributed by atoms with van der Waals surface area (Å²) in [5, 5.41) is 8.75. The average Bonchev–Trinajstić information content (AvgIpc) is 2.26. The van der Waals surface area contributed by atoms with E-state index < -0.39 is 17.7 Å². The number of carbonyl (C=O) groups is 2. The molecule has 2 atom stereocenters. The summed E-state index contributed by atoms with van der Waals surface area (Å²) in [6.45, 7) is 9.75. The first-order valence-electron chi connectivity index (χ1n) is 6.39. The molecule has 0 saturated heterocycles. The third-order valence-electron chi connectivity index (χ3n) is 2.93. The smallest absolute Gasteiger partial charge is 0.372 e. The van der Waals surface area contributed by atoms with E-state index in [0.717, 1.165) is 12.8 Å². The molecule has 0 fully saturated rings. The molecule has 0 rings (SSSR count). The van der Waals surface area contributed by atoms with E-state index in [4.69, 9.17) is 5.11 Å². The van der Waals surface area contributed by atoms with Crippen molar-refractivity contribution < 1.29 is 14.7 Å². The zero-order chi connectivity index (χ0) is 14.1. The van der Waals surface area contributed by atoms with Crippen LogP contribution in [0.5, 0.6) is 0 Å². The summed E-state index contributed by atoms with van der Waals surface area (Å²) in [6, 6.07) is 0. The Morgan fingerprint density at radius 2 is 1.94 bits per heavy atom. The molecule has 0 bridgehead atoms. The minimum absolute atomic E-state index is 0.342. The van der Waals surface area contributed by atoms with E-state index >= 15 is 0 Å². The highest BCUT2D eigenvalue weighted by Crippen LogP contribution is 2.21. The van der Waals surface area contributed by atoms with Crippen molar-refractivity contribution in [1.82, 2.24) is 0 Å². The number of hydrogen-bond donors (Lipinski definition) is 1. The molecule has 0 radical (unpaired) electrons. The van der Waals surface area contributed by atoms with Gasteiger partial charge in [0.2, 0.25) is 5.78 Å². The Labute approximate surface area is 110 Å². The van der Waals surface area contributed by atoms with Crippen molar-refractivity contribution in [3.05, 3.63) is 24.3 Å². The summed E-state index contributed by atoms with van der Waals surface area (Å²) < 4.78 is 0. The first kappa shape index (κ1) is 16.6. The molecule has 0 aromatic heterocycles. The van der Waals surface area contributed by atoms with Crippen molar-refractivity contribution >= 4 is 11.8 Å². The SMILES string of the molecule is C=CCC(C[C@@H](C)CCC=C(C)C)C(=O)C(=O)O. The molecule has 0 aromatic carbocycles. The van der Waals surface area contributed by atoms with Gasteiger partial charge in [0.25, 0.3) is 0 Å². The molecule has 3 nitrogen and oxygen atoms in total. The number of Topliss-reactive ketones (excluding diaryl/α,β-unsaturated/α-hetero) is 1. The number of hydrogen-bond acceptors (Lipinski definition) is 2. The predicted molar refractivity (Wildman–Crippen MR) is 73.4 cm³/mol. The van der Waals surface area contributed by atoms with Crippen LogP contribution in [0.25, 0.3) is 0 Å². The molecular weight excluding hydrogens is 228 g/mol. The fourth-order valence-electron chi connectivity index (χ4n) is 1.95. The minimum Gasteiger partial charge on any atom is -0.475 e. The molecule has 3 heteroatoms. The van der Waals surface area contributed by atoms with Crippen LogP contribution >= 0.6 is 0 Å². The van der Waals surface area contributed by atoms with Gasteiger partial charge in [0.15, 0.2) is 0 Å². The largest absolute Gasteiger partial charge is 0.475 e. The van der Waals surface area contributed by atoms with Gasteiger partial charge in [-0.15, -0.1) is 6.58 Å². The quantitative estimate of drug-likeness (QED) is 0.504. The third-order valence-corrected chi connectivity index (χ3v) is 2.93. The summed E-state index contributed by atoms with van der Waals surface area (Å²) in [4.78, 5) is 22.2. The summed E-state index contributed by atoms with van der Waals surface area (Å²) in [5.41, 5.74) is 1.28. The molecule has 0 amide bonds. The number of carboxylic acids is 1. The molecule has 102 valence electrons. The van der Waals surface area contributed by atoms with Crippen LogP contribution < -0.4 is 0 Å². The number of carboxylic acid groups (broad SMARTS) is 1. The first-order chi connectivity index (χ1) is 8.38. The van der Waals surface area contributed by atoms with Crippen LogP contribution in [0.15, 0.2) is 24.3 Å². The topological polar surface area (TPSA) is 54.4 Å². The van der Waals surface area contributed by atoms with E-state index in [1.54, 1.807) is 6.08 Å². The Morgan fingerprint density at radius 3 is 2.39 bits per heavy atom. The van der Waals surface area contributed by atoms with Gasteiger partial charge in [-0.25, -0.2) is 4.79 Å². The third kappa shape index (κ3) is 7.05. The van der Waals surface area contributed by atoms with Crippen molar-refractivity contribution in [1.29, 1.82) is 0 Å². The Bertz CT molecular complexity index is 325. The molecule has 1 unspecified atom stereocenters. The van der Waals surface area contributed by atoms with Crippen LogP contribution in [0.1, 0.15) is 46.5 Å². The summed E-state index contributed by atoms with van der Waals surface area (Å²) in [6.07, 6.45) is 6.80. The van der Waals surface area contributed by atoms with Gasteiger partial charge in [-0.1, -0.05) is 24.6 Å². The van der Waals surface area contributed by atoms with Gasteiger partial charge in [-0.3, -0.25) is 4.79 Å². The maximum absolute atomic E-state index is 11.5. The van der Waals surface area contributed by atoms with Gasteiger partial charge in [0.1, 0.15) is 0 Å². The molecule has 0 aliphatic carbocycles. The van der Waals surface area contributed by atoms with E-state index in [0.29, 0.717) is 18.8 Å². The Hall–Kier alpha value is -1.38. The Morgan fingerprint density at radius 1 is 1.33 bits per heavy atom. The van der Waals surface area contributed by atoms with Crippen molar-refractivity contribution in [2.45, 2.75) is 46.5 Å². The van der Waals surface area contributed by atoms with Gasteiger partial charge in [-0.2, -0.15) is 0 Å². The fourth-order valence-corrected chi connectivity index (χ4v) is 1.95. The van der Waals surface area contributed by atoms with E-state index in [-0.39, 0.29) is 0 Å². The summed E-state index contributed by atoms with van der Waals surface area (Å²) >= 11 is 0. The van der Waals surface area contributed by atoms with Gasteiger partial charge in [0, 0.05) is 5.92 Å². The van der Waals surface area contributed by atoms with Crippen LogP contribution in [0, 0.1) is 11.8 Å². The van der Waals surface area contributed by atoms with E-state index in [9.17, 15) is 9.59 Å². The lowest BCUT2D eigenvalue weighted by Crippen LogP contribution is -2.24. The van der Waals surface area contributed by atoms with Crippen molar-refractivity contribution in [3.8, 4) is 0 Å². The fraction of sp³-hybridized carbons (Fsp3) is 0.600. The average molecular weight is 252 g/mol. The maximum atomic E-state index is 11.5. The molecule has 0 spiro atoms. The van der Waals surface area contributed by atoms with Gasteiger partial charge in [0.05, 0.1) is 0 Å². The Balaban J connectivity index is 4.31. The normalized spacial score (nSPS) is 13.5. The zero-order valence-electron chi connectivity index (χ0n) is 11.6. The molecule has 1 N–H and O–H groups in total. The maximum Gasteiger partial charge on any atom is 0.372 e. The van der Waals surface area contributed by atoms with Crippen molar-refractivity contribution in [2.75, 3.05) is 0 Å². The molecular formula is C15H24O3. The molecule has 0 aliphatic rings. The lowest BCUT2D eigenvalue weighted by Gasteiger charge is -2.16. The van der Waals surface area contributed by atoms with Crippen LogP contribution in [-0.4, -0.2) is 16.9 Å². The molecule has 0 aromatic rings. The van der Waals surface area contributed by atoms with Crippen LogP contribution in [0.2, 0.25) is 0 Å². The zero-order valence-corrected chi connectivity index (χ0v) is 11.6. The molecule has 0 saturated carbocycles. The number of rotatable bonds is 9. The molecule has 0 aliphatic heterocycles. The van der Waals surface area contributed by atoms with Gasteiger partial charge in [-0.05, 0) is 45.4 Å². The standard InChI is InChI=1S/C15H24O3/c1-5-7-13(14(16)15(17)18)10-12(4)9-6-8-11(2)3/h5,8,12-13H,1,6-7,9-10H2,2-4H3,(H,17,18)/t12-,13?/m0/s1. The van der Waals surface area contributed by atoms with Crippen LogP contribution in [-0.2, 0) is 9.59 Å². The van der Waals surface area contributed by atoms with E-state index in [2.05, 4.69) is 33.4 Å². The van der Waals surface area contributed by atoms with Crippen LogP contribution in [0.4, 0.5) is 0 Å². The van der Waals surface area contributed by atoms with E-state index in [1.165, 1.54) is 5.57 Å². The first-order valence-corrected chi connectivity index (χ1v) is 6.39. The second-order valence-corrected chi connectivity index (χ2v) is 5.09. The second kappa shape index (κ2) is 8.67. The van der Waals surface area contributed by atoms with Crippen LogP contribution in [0.3, 0.4) is 0 Å². The summed E-state index contributed by atoms with van der Waals surface area (Å²) in [5.74, 6) is -2.11. The minimum atomic E-state index is -1.33. The lowest BCUT2D eigenvalue weighted by molar-refractivity contribution is -0.151.